The van der Waals surface area contributed by atoms with Gasteiger partial charge in [-0.3, -0.25) is 0 Å². The zero-order chi connectivity index (χ0) is 12.3. The summed E-state index contributed by atoms with van der Waals surface area (Å²) in [5, 5.41) is 2.17. The Morgan fingerprint density at radius 1 is 1.19 bits per heavy atom. The average molecular weight is 239 g/mol. The maximum absolute atomic E-state index is 12.8. The van der Waals surface area contributed by atoms with Crippen LogP contribution in [0.4, 0.5) is 22.0 Å². The van der Waals surface area contributed by atoms with Crippen molar-refractivity contribution >= 4 is 0 Å². The maximum atomic E-state index is 12.8. The molecule has 0 fully saturated rings. The zero-order valence-electron chi connectivity index (χ0n) is 8.41. The van der Waals surface area contributed by atoms with Crippen LogP contribution in [0.1, 0.15) is 18.5 Å². The molecule has 1 atom stereocenters. The molecule has 0 aliphatic carbocycles. The van der Waals surface area contributed by atoms with Gasteiger partial charge in [0.1, 0.15) is 0 Å². The number of nitrogens with one attached hydrogen (secondary N) is 1. The molecule has 6 heteroatoms. The van der Waals surface area contributed by atoms with E-state index in [1.807, 2.05) is 0 Å². The lowest BCUT2D eigenvalue weighted by Crippen LogP contribution is -2.30. The van der Waals surface area contributed by atoms with E-state index in [0.717, 1.165) is 12.1 Å². The van der Waals surface area contributed by atoms with Gasteiger partial charge in [-0.25, -0.2) is 8.78 Å². The van der Waals surface area contributed by atoms with Gasteiger partial charge in [-0.05, 0) is 24.6 Å². The predicted octanol–water partition coefficient (Wildman–Crippen LogP) is 3.18. The second kappa shape index (κ2) is 4.78. The fourth-order valence-corrected chi connectivity index (χ4v) is 1.17. The Hall–Kier alpha value is -1.17. The monoisotopic (exact) mass is 239 g/mol. The van der Waals surface area contributed by atoms with Crippen LogP contribution in [-0.2, 0) is 0 Å². The van der Waals surface area contributed by atoms with Crippen LogP contribution in [0.15, 0.2) is 18.2 Å². The first-order valence-electron chi connectivity index (χ1n) is 4.54. The number of rotatable bonds is 3. The number of hydrogen-bond acceptors (Lipinski definition) is 1. The Bertz CT molecular complexity index is 361. The summed E-state index contributed by atoms with van der Waals surface area (Å²) in [6, 6.07) is 2.31. The van der Waals surface area contributed by atoms with Gasteiger partial charge in [0.05, 0.1) is 6.54 Å². The highest BCUT2D eigenvalue weighted by molar-refractivity contribution is 5.20. The molecule has 1 N–H and O–H groups in total. The third-order valence-electron chi connectivity index (χ3n) is 2.05. The first-order chi connectivity index (χ1) is 7.29. The minimum Gasteiger partial charge on any atom is -0.302 e. The maximum Gasteiger partial charge on any atom is 0.401 e. The van der Waals surface area contributed by atoms with Gasteiger partial charge in [-0.1, -0.05) is 6.07 Å². The second-order valence-electron chi connectivity index (χ2n) is 3.39. The molecule has 0 saturated carbocycles. The zero-order valence-corrected chi connectivity index (χ0v) is 8.41. The lowest BCUT2D eigenvalue weighted by molar-refractivity contribution is -0.126. The molecule has 0 radical (unpaired) electrons. The summed E-state index contributed by atoms with van der Waals surface area (Å²) in [4.78, 5) is 0. The molecule has 0 amide bonds. The molecule has 0 aliphatic heterocycles. The van der Waals surface area contributed by atoms with Crippen molar-refractivity contribution < 1.29 is 22.0 Å². The highest BCUT2D eigenvalue weighted by Gasteiger charge is 2.27. The molecule has 0 heterocycles. The fraction of sp³-hybridized carbons (Fsp3) is 0.400. The molecule has 16 heavy (non-hydrogen) atoms. The van der Waals surface area contributed by atoms with Gasteiger partial charge < -0.3 is 5.32 Å². The quantitative estimate of drug-likeness (QED) is 0.799. The average Bonchev–Trinajstić information content (AvgIpc) is 2.17. The van der Waals surface area contributed by atoms with E-state index in [9.17, 15) is 22.0 Å². The van der Waals surface area contributed by atoms with Crippen molar-refractivity contribution in [2.45, 2.75) is 19.1 Å². The van der Waals surface area contributed by atoms with E-state index in [0.29, 0.717) is 0 Å². The Balaban J connectivity index is 2.66. The molecule has 0 saturated heterocycles. The molecule has 1 aromatic carbocycles. The lowest BCUT2D eigenvalue weighted by atomic mass is 10.1. The third-order valence-corrected chi connectivity index (χ3v) is 2.05. The molecule has 1 aromatic rings. The largest absolute Gasteiger partial charge is 0.401 e. The van der Waals surface area contributed by atoms with E-state index >= 15 is 0 Å². The van der Waals surface area contributed by atoms with Crippen LogP contribution < -0.4 is 5.32 Å². The highest BCUT2D eigenvalue weighted by Crippen LogP contribution is 2.18. The molecular formula is C10H10F5N. The Kier molecular flexibility index (Phi) is 3.85. The van der Waals surface area contributed by atoms with Gasteiger partial charge in [-0.2, -0.15) is 13.2 Å². The fourth-order valence-electron chi connectivity index (χ4n) is 1.17. The van der Waals surface area contributed by atoms with Crippen LogP contribution in [0.2, 0.25) is 0 Å². The summed E-state index contributed by atoms with van der Waals surface area (Å²) in [6.45, 7) is 0.269. The van der Waals surface area contributed by atoms with Crippen molar-refractivity contribution in [1.29, 1.82) is 0 Å². The predicted molar refractivity (Wildman–Crippen MR) is 48.8 cm³/mol. The van der Waals surface area contributed by atoms with Gasteiger partial charge in [0.25, 0.3) is 0 Å². The van der Waals surface area contributed by atoms with Gasteiger partial charge in [-0.15, -0.1) is 0 Å². The molecule has 0 bridgehead atoms. The molecule has 0 spiro atoms. The first-order valence-corrected chi connectivity index (χ1v) is 4.54. The van der Waals surface area contributed by atoms with Crippen LogP contribution in [0.5, 0.6) is 0 Å². The topological polar surface area (TPSA) is 12.0 Å². The molecule has 90 valence electrons. The van der Waals surface area contributed by atoms with Crippen LogP contribution >= 0.6 is 0 Å². The van der Waals surface area contributed by atoms with Crippen molar-refractivity contribution in [3.05, 3.63) is 35.4 Å². The minimum absolute atomic E-state index is 0.267. The van der Waals surface area contributed by atoms with Crippen LogP contribution in [-0.4, -0.2) is 12.7 Å². The summed E-state index contributed by atoms with van der Waals surface area (Å²) in [7, 11) is 0. The van der Waals surface area contributed by atoms with E-state index in [1.165, 1.54) is 13.0 Å². The van der Waals surface area contributed by atoms with Crippen molar-refractivity contribution in [1.82, 2.24) is 5.32 Å². The Morgan fingerprint density at radius 3 is 2.31 bits per heavy atom. The van der Waals surface area contributed by atoms with E-state index < -0.39 is 30.4 Å². The highest BCUT2D eigenvalue weighted by atomic mass is 19.4. The van der Waals surface area contributed by atoms with Gasteiger partial charge in [0, 0.05) is 6.04 Å². The Morgan fingerprint density at radius 2 is 1.81 bits per heavy atom. The number of alkyl halides is 3. The lowest BCUT2D eigenvalue weighted by Gasteiger charge is -2.15. The van der Waals surface area contributed by atoms with Gasteiger partial charge in [0.15, 0.2) is 11.6 Å². The SMILES string of the molecule is CC(NCC(F)(F)F)c1ccc(F)c(F)c1. The summed E-state index contributed by atoms with van der Waals surface area (Å²) in [5.41, 5.74) is 0.267. The molecular weight excluding hydrogens is 229 g/mol. The number of halogens is 5. The first kappa shape index (κ1) is 12.9. The molecule has 0 aromatic heterocycles. The number of benzene rings is 1. The van der Waals surface area contributed by atoms with Crippen molar-refractivity contribution in [3.63, 3.8) is 0 Å². The number of hydrogen-bond donors (Lipinski definition) is 1. The summed E-state index contributed by atoms with van der Waals surface area (Å²) >= 11 is 0. The smallest absolute Gasteiger partial charge is 0.302 e. The van der Waals surface area contributed by atoms with Crippen molar-refractivity contribution in [3.8, 4) is 0 Å². The van der Waals surface area contributed by atoms with Crippen molar-refractivity contribution in [2.75, 3.05) is 6.54 Å². The molecule has 1 unspecified atom stereocenters. The van der Waals surface area contributed by atoms with Crippen molar-refractivity contribution in [2.24, 2.45) is 0 Å². The van der Waals surface area contributed by atoms with Gasteiger partial charge >= 0.3 is 6.18 Å². The van der Waals surface area contributed by atoms with E-state index in [-0.39, 0.29) is 5.56 Å². The third kappa shape index (κ3) is 3.77. The van der Waals surface area contributed by atoms with E-state index in [2.05, 4.69) is 5.32 Å². The summed E-state index contributed by atoms with van der Waals surface area (Å²) < 4.78 is 61.0. The normalized spacial score (nSPS) is 13.9. The van der Waals surface area contributed by atoms with Crippen LogP contribution in [0, 0.1) is 11.6 Å². The second-order valence-corrected chi connectivity index (χ2v) is 3.39. The van der Waals surface area contributed by atoms with Gasteiger partial charge in [0.2, 0.25) is 0 Å². The standard InChI is InChI=1S/C10H10F5N/c1-6(16-5-10(13,14)15)7-2-3-8(11)9(12)4-7/h2-4,6,16H,5H2,1H3. The van der Waals surface area contributed by atoms with Crippen LogP contribution in [0.25, 0.3) is 0 Å². The summed E-state index contributed by atoms with van der Waals surface area (Å²) in [6.07, 6.45) is -4.33. The summed E-state index contributed by atoms with van der Waals surface area (Å²) in [5.74, 6) is -2.09. The van der Waals surface area contributed by atoms with Crippen LogP contribution in [0.3, 0.4) is 0 Å². The van der Waals surface area contributed by atoms with E-state index in [1.54, 1.807) is 0 Å². The van der Waals surface area contributed by atoms with E-state index in [4.69, 9.17) is 0 Å². The molecule has 1 rings (SSSR count). The molecule has 1 nitrogen and oxygen atoms in total. The minimum atomic E-state index is -4.33. The molecule has 0 aliphatic rings. The Labute approximate surface area is 89.3 Å².